The summed E-state index contributed by atoms with van der Waals surface area (Å²) in [5.74, 6) is 0.843. The predicted molar refractivity (Wildman–Crippen MR) is 134 cm³/mol. The Morgan fingerprint density at radius 1 is 0.973 bits per heavy atom. The standard InChI is InChI=1S/C29H30F3NO4/c1-35-25-17-21-15-16-33(27(28(34)37-3)20-7-5-4-6-8-20)24(23(21)18-26(25)36-2)14-11-19-9-12-22(13-10-19)29(30,31)32/h4-10,12-13,17-18,24,27H,11,14-16H2,1-3H3/t24-,27?/m0/s1. The highest BCUT2D eigenvalue weighted by Crippen LogP contribution is 2.43. The third-order valence-electron chi connectivity index (χ3n) is 6.90. The summed E-state index contributed by atoms with van der Waals surface area (Å²) in [6, 6.07) is 17.8. The van der Waals surface area contributed by atoms with Crippen molar-refractivity contribution in [2.45, 2.75) is 37.5 Å². The van der Waals surface area contributed by atoms with Crippen LogP contribution < -0.4 is 9.47 Å². The highest BCUT2D eigenvalue weighted by atomic mass is 19.4. The largest absolute Gasteiger partial charge is 0.493 e. The summed E-state index contributed by atoms with van der Waals surface area (Å²) in [7, 11) is 4.54. The monoisotopic (exact) mass is 513 g/mol. The average molecular weight is 514 g/mol. The SMILES string of the molecule is COC(=O)C(c1ccccc1)N1CCc2cc(OC)c(OC)cc2[C@@H]1CCc1ccc(C(F)(F)F)cc1. The molecular weight excluding hydrogens is 483 g/mol. The number of ether oxygens (including phenoxy) is 3. The van der Waals surface area contributed by atoms with Crippen LogP contribution >= 0.6 is 0 Å². The smallest absolute Gasteiger partial charge is 0.416 e. The summed E-state index contributed by atoms with van der Waals surface area (Å²) in [6.45, 7) is 0.592. The number of carbonyl (C=O) groups excluding carboxylic acids is 1. The molecule has 1 unspecified atom stereocenters. The van der Waals surface area contributed by atoms with E-state index in [2.05, 4.69) is 4.90 Å². The van der Waals surface area contributed by atoms with E-state index in [-0.39, 0.29) is 12.0 Å². The van der Waals surface area contributed by atoms with Gasteiger partial charge in [-0.25, -0.2) is 4.79 Å². The molecule has 0 amide bonds. The van der Waals surface area contributed by atoms with Gasteiger partial charge >= 0.3 is 12.1 Å². The summed E-state index contributed by atoms with van der Waals surface area (Å²) < 4.78 is 55.4. The van der Waals surface area contributed by atoms with E-state index in [0.717, 1.165) is 34.4 Å². The molecule has 8 heteroatoms. The van der Waals surface area contributed by atoms with E-state index in [1.165, 1.54) is 19.2 Å². The van der Waals surface area contributed by atoms with E-state index in [4.69, 9.17) is 14.2 Å². The van der Waals surface area contributed by atoms with Gasteiger partial charge in [0.2, 0.25) is 0 Å². The maximum Gasteiger partial charge on any atom is 0.416 e. The molecule has 1 heterocycles. The molecule has 4 rings (SSSR count). The lowest BCUT2D eigenvalue weighted by Gasteiger charge is -2.41. The molecule has 3 aromatic rings. The van der Waals surface area contributed by atoms with Gasteiger partial charge in [0.25, 0.3) is 0 Å². The Hall–Kier alpha value is -3.52. The number of hydrogen-bond donors (Lipinski definition) is 0. The number of alkyl halides is 3. The van der Waals surface area contributed by atoms with Gasteiger partial charge in [-0.05, 0) is 65.8 Å². The first-order chi connectivity index (χ1) is 17.8. The molecule has 0 saturated carbocycles. The number of fused-ring (bicyclic) bond motifs is 1. The van der Waals surface area contributed by atoms with Crippen molar-refractivity contribution in [3.05, 3.63) is 94.5 Å². The lowest BCUT2D eigenvalue weighted by molar-refractivity contribution is -0.149. The van der Waals surface area contributed by atoms with Crippen molar-refractivity contribution in [2.75, 3.05) is 27.9 Å². The van der Waals surface area contributed by atoms with Crippen LogP contribution in [-0.4, -0.2) is 38.7 Å². The van der Waals surface area contributed by atoms with Crippen molar-refractivity contribution in [3.8, 4) is 11.5 Å². The number of benzene rings is 3. The zero-order valence-corrected chi connectivity index (χ0v) is 21.0. The Balaban J connectivity index is 1.73. The Morgan fingerprint density at radius 3 is 2.22 bits per heavy atom. The van der Waals surface area contributed by atoms with E-state index < -0.39 is 17.8 Å². The van der Waals surface area contributed by atoms with Gasteiger partial charge in [-0.2, -0.15) is 13.2 Å². The molecule has 0 N–H and O–H groups in total. The maximum absolute atomic E-state index is 13.1. The first kappa shape index (κ1) is 26.5. The lowest BCUT2D eigenvalue weighted by Crippen LogP contribution is -2.42. The second-order valence-electron chi connectivity index (χ2n) is 8.98. The summed E-state index contributed by atoms with van der Waals surface area (Å²) in [5.41, 5.74) is 3.02. The topological polar surface area (TPSA) is 48.0 Å². The second-order valence-corrected chi connectivity index (χ2v) is 8.98. The summed E-state index contributed by atoms with van der Waals surface area (Å²) in [4.78, 5) is 15.2. The quantitative estimate of drug-likeness (QED) is 0.337. The van der Waals surface area contributed by atoms with Crippen molar-refractivity contribution in [1.29, 1.82) is 0 Å². The molecule has 5 nitrogen and oxygen atoms in total. The minimum absolute atomic E-state index is 0.213. The number of methoxy groups -OCH3 is 3. The highest BCUT2D eigenvalue weighted by molar-refractivity contribution is 5.77. The molecule has 2 atom stereocenters. The molecule has 3 aromatic carbocycles. The number of esters is 1. The van der Waals surface area contributed by atoms with Crippen molar-refractivity contribution in [1.82, 2.24) is 4.90 Å². The molecule has 196 valence electrons. The first-order valence-corrected chi connectivity index (χ1v) is 12.1. The Morgan fingerprint density at radius 2 is 1.62 bits per heavy atom. The highest BCUT2D eigenvalue weighted by Gasteiger charge is 2.38. The molecule has 0 bridgehead atoms. The van der Waals surface area contributed by atoms with Crippen LogP contribution in [0.25, 0.3) is 0 Å². The van der Waals surface area contributed by atoms with Gasteiger partial charge in [0.1, 0.15) is 6.04 Å². The average Bonchev–Trinajstić information content (AvgIpc) is 2.91. The molecule has 0 saturated heterocycles. The Kier molecular flexibility index (Phi) is 8.07. The van der Waals surface area contributed by atoms with Gasteiger partial charge < -0.3 is 14.2 Å². The number of carbonyl (C=O) groups is 1. The molecule has 0 radical (unpaired) electrons. The van der Waals surface area contributed by atoms with Crippen LogP contribution in [0.1, 0.15) is 46.3 Å². The van der Waals surface area contributed by atoms with Gasteiger partial charge in [0, 0.05) is 12.6 Å². The third kappa shape index (κ3) is 5.74. The van der Waals surface area contributed by atoms with Crippen LogP contribution in [0.5, 0.6) is 11.5 Å². The molecule has 0 fully saturated rings. The van der Waals surface area contributed by atoms with Gasteiger partial charge in [0.05, 0.1) is 26.9 Å². The third-order valence-corrected chi connectivity index (χ3v) is 6.90. The fourth-order valence-electron chi connectivity index (χ4n) is 5.05. The Bertz CT molecular complexity index is 1210. The van der Waals surface area contributed by atoms with Crippen molar-refractivity contribution < 1.29 is 32.2 Å². The number of rotatable bonds is 8. The molecule has 1 aliphatic rings. The molecule has 0 aromatic heterocycles. The van der Waals surface area contributed by atoms with Crippen LogP contribution in [0, 0.1) is 0 Å². The molecule has 37 heavy (non-hydrogen) atoms. The molecule has 1 aliphatic heterocycles. The minimum atomic E-state index is -4.38. The molecule has 0 aliphatic carbocycles. The van der Waals surface area contributed by atoms with Gasteiger partial charge in [0.15, 0.2) is 11.5 Å². The maximum atomic E-state index is 13.1. The number of aryl methyl sites for hydroxylation is 1. The van der Waals surface area contributed by atoms with Crippen LogP contribution in [0.4, 0.5) is 13.2 Å². The number of halogens is 3. The fourth-order valence-corrected chi connectivity index (χ4v) is 5.05. The Labute approximate surface area is 214 Å². The van der Waals surface area contributed by atoms with E-state index in [0.29, 0.717) is 37.3 Å². The van der Waals surface area contributed by atoms with Crippen LogP contribution in [0.3, 0.4) is 0 Å². The first-order valence-electron chi connectivity index (χ1n) is 12.1. The van der Waals surface area contributed by atoms with Crippen LogP contribution in [0.15, 0.2) is 66.7 Å². The lowest BCUT2D eigenvalue weighted by atomic mass is 9.86. The molecular formula is C29H30F3NO4. The van der Waals surface area contributed by atoms with Crippen LogP contribution in [-0.2, 0) is 28.5 Å². The summed E-state index contributed by atoms with van der Waals surface area (Å²) in [5, 5.41) is 0. The molecule has 0 spiro atoms. The summed E-state index contributed by atoms with van der Waals surface area (Å²) in [6.07, 6.45) is -2.59. The normalized spacial score (nSPS) is 16.5. The summed E-state index contributed by atoms with van der Waals surface area (Å²) >= 11 is 0. The van der Waals surface area contributed by atoms with E-state index in [1.54, 1.807) is 14.2 Å². The van der Waals surface area contributed by atoms with Crippen molar-refractivity contribution in [2.24, 2.45) is 0 Å². The second kappa shape index (κ2) is 11.3. The fraction of sp³-hybridized carbons (Fsp3) is 0.345. The van der Waals surface area contributed by atoms with E-state index in [1.807, 2.05) is 42.5 Å². The van der Waals surface area contributed by atoms with E-state index >= 15 is 0 Å². The zero-order chi connectivity index (χ0) is 26.6. The van der Waals surface area contributed by atoms with E-state index in [9.17, 15) is 18.0 Å². The van der Waals surface area contributed by atoms with Gasteiger partial charge in [-0.3, -0.25) is 4.90 Å². The number of hydrogen-bond acceptors (Lipinski definition) is 5. The number of nitrogens with zero attached hydrogens (tertiary/aromatic N) is 1. The van der Waals surface area contributed by atoms with Crippen molar-refractivity contribution >= 4 is 5.97 Å². The van der Waals surface area contributed by atoms with Crippen molar-refractivity contribution in [3.63, 3.8) is 0 Å². The predicted octanol–water partition coefficient (Wildman–Crippen LogP) is 6.17. The van der Waals surface area contributed by atoms with Gasteiger partial charge in [-0.15, -0.1) is 0 Å². The zero-order valence-electron chi connectivity index (χ0n) is 21.0. The van der Waals surface area contributed by atoms with Gasteiger partial charge in [-0.1, -0.05) is 42.5 Å². The van der Waals surface area contributed by atoms with Crippen LogP contribution in [0.2, 0.25) is 0 Å². The minimum Gasteiger partial charge on any atom is -0.493 e.